The van der Waals surface area contributed by atoms with E-state index < -0.39 is 23.9 Å². The molecule has 0 heterocycles. The third kappa shape index (κ3) is 3.23. The first kappa shape index (κ1) is 13.4. The van der Waals surface area contributed by atoms with Crippen molar-refractivity contribution in [1.29, 1.82) is 0 Å². The molecule has 0 radical (unpaired) electrons. The van der Waals surface area contributed by atoms with Crippen molar-refractivity contribution in [1.82, 2.24) is 0 Å². The van der Waals surface area contributed by atoms with E-state index in [9.17, 15) is 23.4 Å². The summed E-state index contributed by atoms with van der Waals surface area (Å²) in [5, 5.41) is 19.4. The van der Waals surface area contributed by atoms with Gasteiger partial charge in [-0.1, -0.05) is 18.2 Å². The minimum atomic E-state index is -4.38. The highest BCUT2D eigenvalue weighted by molar-refractivity contribution is 5.26. The third-order valence-electron chi connectivity index (χ3n) is 3.20. The summed E-state index contributed by atoms with van der Waals surface area (Å²) < 4.78 is 37.5. The van der Waals surface area contributed by atoms with Crippen molar-refractivity contribution in [3.63, 3.8) is 0 Å². The lowest BCUT2D eigenvalue weighted by atomic mass is 9.99. The quantitative estimate of drug-likeness (QED) is 0.872. The van der Waals surface area contributed by atoms with Crippen molar-refractivity contribution in [2.75, 3.05) is 0 Å². The number of alkyl halides is 3. The number of aliphatic hydroxyl groups excluding tert-OH is 2. The smallest absolute Gasteiger partial charge is 0.390 e. The molecule has 0 spiro atoms. The van der Waals surface area contributed by atoms with Crippen LogP contribution in [0.15, 0.2) is 24.3 Å². The number of aliphatic hydroxyl groups is 2. The summed E-state index contributed by atoms with van der Waals surface area (Å²) in [6.07, 6.45) is -4.42. The van der Waals surface area contributed by atoms with E-state index in [1.54, 1.807) is 0 Å². The maximum absolute atomic E-state index is 12.5. The molecule has 2 unspecified atom stereocenters. The molecule has 2 atom stereocenters. The van der Waals surface area contributed by atoms with Crippen molar-refractivity contribution < 1.29 is 23.4 Å². The molecule has 1 fully saturated rings. The summed E-state index contributed by atoms with van der Waals surface area (Å²) in [4.78, 5) is 0. The Bertz CT molecular complexity index is 413. The van der Waals surface area contributed by atoms with Crippen LogP contribution in [0.25, 0.3) is 0 Å². The van der Waals surface area contributed by atoms with Crippen molar-refractivity contribution in [2.24, 2.45) is 5.92 Å². The molecule has 1 aromatic carbocycles. The van der Waals surface area contributed by atoms with E-state index in [2.05, 4.69) is 0 Å². The van der Waals surface area contributed by atoms with E-state index in [0.29, 0.717) is 5.56 Å². The van der Waals surface area contributed by atoms with Gasteiger partial charge >= 0.3 is 6.18 Å². The monoisotopic (exact) mass is 260 g/mol. The Labute approximate surface area is 103 Å². The Morgan fingerprint density at radius 2 is 1.89 bits per heavy atom. The summed E-state index contributed by atoms with van der Waals surface area (Å²) in [7, 11) is 0. The van der Waals surface area contributed by atoms with E-state index >= 15 is 0 Å². The van der Waals surface area contributed by atoms with Gasteiger partial charge in [0.2, 0.25) is 0 Å². The maximum atomic E-state index is 12.5. The van der Waals surface area contributed by atoms with Gasteiger partial charge < -0.3 is 10.2 Å². The van der Waals surface area contributed by atoms with Gasteiger partial charge in [-0.2, -0.15) is 13.2 Å². The van der Waals surface area contributed by atoms with Gasteiger partial charge in [0.15, 0.2) is 0 Å². The van der Waals surface area contributed by atoms with E-state index in [4.69, 9.17) is 0 Å². The van der Waals surface area contributed by atoms with Crippen LogP contribution in [0.5, 0.6) is 0 Å². The third-order valence-corrected chi connectivity index (χ3v) is 3.20. The minimum Gasteiger partial charge on any atom is -0.390 e. The second kappa shape index (κ2) is 4.90. The first-order chi connectivity index (χ1) is 8.38. The van der Waals surface area contributed by atoms with Crippen LogP contribution in [0.1, 0.15) is 24.0 Å². The molecular weight excluding hydrogens is 245 g/mol. The van der Waals surface area contributed by atoms with Crippen molar-refractivity contribution >= 4 is 0 Å². The van der Waals surface area contributed by atoms with Gasteiger partial charge in [-0.15, -0.1) is 0 Å². The molecule has 1 aromatic rings. The minimum absolute atomic E-state index is 0.0432. The molecule has 1 saturated carbocycles. The topological polar surface area (TPSA) is 40.5 Å². The lowest BCUT2D eigenvalue weighted by Crippen LogP contribution is -2.29. The van der Waals surface area contributed by atoms with Gasteiger partial charge in [0.25, 0.3) is 0 Å². The first-order valence-electron chi connectivity index (χ1n) is 5.90. The Morgan fingerprint density at radius 3 is 2.44 bits per heavy atom. The molecule has 0 aromatic heterocycles. The van der Waals surface area contributed by atoms with Crippen LogP contribution in [-0.2, 0) is 12.6 Å². The molecule has 0 bridgehead atoms. The average Bonchev–Trinajstić information content (AvgIpc) is 3.11. The average molecular weight is 260 g/mol. The molecule has 0 amide bonds. The number of rotatable bonds is 4. The van der Waals surface area contributed by atoms with Crippen LogP contribution in [0.2, 0.25) is 0 Å². The largest absolute Gasteiger partial charge is 0.416 e. The van der Waals surface area contributed by atoms with Gasteiger partial charge in [-0.3, -0.25) is 0 Å². The first-order valence-corrected chi connectivity index (χ1v) is 5.90. The lowest BCUT2D eigenvalue weighted by molar-refractivity contribution is -0.137. The summed E-state index contributed by atoms with van der Waals surface area (Å²) in [6.45, 7) is 0. The van der Waals surface area contributed by atoms with Crippen LogP contribution in [-0.4, -0.2) is 22.4 Å². The molecule has 0 aliphatic heterocycles. The fourth-order valence-corrected chi connectivity index (χ4v) is 1.99. The number of benzene rings is 1. The Hall–Kier alpha value is -1.07. The van der Waals surface area contributed by atoms with Gasteiger partial charge in [0.1, 0.15) is 0 Å². The molecule has 5 heteroatoms. The summed E-state index contributed by atoms with van der Waals surface area (Å²) in [6, 6.07) is 4.85. The molecule has 2 rings (SSSR count). The molecule has 100 valence electrons. The number of halogens is 3. The van der Waals surface area contributed by atoms with Crippen molar-refractivity contribution in [3.8, 4) is 0 Å². The summed E-state index contributed by atoms with van der Waals surface area (Å²) >= 11 is 0. The summed E-state index contributed by atoms with van der Waals surface area (Å²) in [5.41, 5.74) is -0.342. The van der Waals surface area contributed by atoms with Gasteiger partial charge in [0, 0.05) is 6.42 Å². The molecule has 0 saturated heterocycles. The van der Waals surface area contributed by atoms with Crippen molar-refractivity contribution in [3.05, 3.63) is 35.4 Å². The zero-order valence-electron chi connectivity index (χ0n) is 9.69. The SMILES string of the molecule is OC(Cc1cccc(C(F)(F)F)c1)C(O)C1CC1. The molecule has 2 N–H and O–H groups in total. The fourth-order valence-electron chi connectivity index (χ4n) is 1.99. The Morgan fingerprint density at radius 1 is 1.22 bits per heavy atom. The van der Waals surface area contributed by atoms with Crippen LogP contribution >= 0.6 is 0 Å². The molecular formula is C13H15F3O2. The number of hydrogen-bond acceptors (Lipinski definition) is 2. The van der Waals surface area contributed by atoms with Gasteiger partial charge in [-0.25, -0.2) is 0 Å². The Kier molecular flexibility index (Phi) is 3.64. The van der Waals surface area contributed by atoms with Crippen LogP contribution < -0.4 is 0 Å². The molecule has 18 heavy (non-hydrogen) atoms. The highest BCUT2D eigenvalue weighted by Crippen LogP contribution is 2.35. The maximum Gasteiger partial charge on any atom is 0.416 e. The summed E-state index contributed by atoms with van der Waals surface area (Å²) in [5.74, 6) is 0.103. The Balaban J connectivity index is 2.04. The van der Waals surface area contributed by atoms with Crippen LogP contribution in [0.4, 0.5) is 13.2 Å². The van der Waals surface area contributed by atoms with E-state index in [1.165, 1.54) is 12.1 Å². The zero-order chi connectivity index (χ0) is 13.3. The van der Waals surface area contributed by atoms with Crippen LogP contribution in [0.3, 0.4) is 0 Å². The van der Waals surface area contributed by atoms with E-state index in [-0.39, 0.29) is 12.3 Å². The predicted octanol–water partition coefficient (Wildman–Crippen LogP) is 2.38. The van der Waals surface area contributed by atoms with Gasteiger partial charge in [0.05, 0.1) is 17.8 Å². The number of hydrogen-bond donors (Lipinski definition) is 2. The zero-order valence-corrected chi connectivity index (χ0v) is 9.69. The highest BCUT2D eigenvalue weighted by Gasteiger charge is 2.35. The molecule has 2 nitrogen and oxygen atoms in total. The van der Waals surface area contributed by atoms with E-state index in [0.717, 1.165) is 25.0 Å². The van der Waals surface area contributed by atoms with Crippen LogP contribution in [0, 0.1) is 5.92 Å². The second-order valence-electron chi connectivity index (χ2n) is 4.80. The molecule has 1 aliphatic carbocycles. The van der Waals surface area contributed by atoms with Gasteiger partial charge in [-0.05, 0) is 30.4 Å². The van der Waals surface area contributed by atoms with E-state index in [1.807, 2.05) is 0 Å². The standard InChI is InChI=1S/C13H15F3O2/c14-13(15,16)10-3-1-2-8(6-10)7-11(17)12(18)9-4-5-9/h1-3,6,9,11-12,17-18H,4-5,7H2. The lowest BCUT2D eigenvalue weighted by Gasteiger charge is -2.17. The predicted molar refractivity (Wildman–Crippen MR) is 59.9 cm³/mol. The molecule has 1 aliphatic rings. The fraction of sp³-hybridized carbons (Fsp3) is 0.538. The highest BCUT2D eigenvalue weighted by atomic mass is 19.4. The van der Waals surface area contributed by atoms with Crippen molar-refractivity contribution in [2.45, 2.75) is 37.6 Å². The normalized spacial score (nSPS) is 19.6. The second-order valence-corrected chi connectivity index (χ2v) is 4.80.